The van der Waals surface area contributed by atoms with Gasteiger partial charge in [-0.3, -0.25) is 4.99 Å². The van der Waals surface area contributed by atoms with Crippen LogP contribution in [0, 0.1) is 5.92 Å². The number of hydrogen-bond donors (Lipinski definition) is 1. The van der Waals surface area contributed by atoms with Crippen LogP contribution in [0.2, 0.25) is 0 Å². The highest BCUT2D eigenvalue weighted by Crippen LogP contribution is 2.07. The quantitative estimate of drug-likeness (QED) is 0.774. The molecular weight excluding hydrogens is 202 g/mol. The Morgan fingerprint density at radius 3 is 2.81 bits per heavy atom. The number of hydrogen-bond acceptors (Lipinski definition) is 2. The number of aliphatic imine (C=N–C) groups is 1. The maximum absolute atomic E-state index is 10.9. The van der Waals surface area contributed by atoms with E-state index in [4.69, 9.17) is 5.11 Å². The molecule has 0 amide bonds. The third-order valence-corrected chi connectivity index (χ3v) is 2.54. The van der Waals surface area contributed by atoms with E-state index in [9.17, 15) is 4.79 Å². The molecule has 0 aromatic heterocycles. The van der Waals surface area contributed by atoms with Gasteiger partial charge >= 0.3 is 5.97 Å². The smallest absolute Gasteiger partial charge is 0.336 e. The lowest BCUT2D eigenvalue weighted by molar-refractivity contribution is 0.0697. The minimum Gasteiger partial charge on any atom is -0.478 e. The second-order valence-electron chi connectivity index (χ2n) is 3.90. The number of benzene rings is 1. The first kappa shape index (κ1) is 12.4. The number of nitrogens with zero attached hydrogens (tertiary/aromatic N) is 1. The van der Waals surface area contributed by atoms with Crippen molar-refractivity contribution in [2.45, 2.75) is 20.3 Å². The Labute approximate surface area is 95.8 Å². The third kappa shape index (κ3) is 3.50. The Kier molecular flexibility index (Phi) is 4.70. The molecule has 0 radical (unpaired) electrons. The third-order valence-electron chi connectivity index (χ3n) is 2.54. The van der Waals surface area contributed by atoms with E-state index in [1.807, 2.05) is 6.07 Å². The molecule has 0 fully saturated rings. The van der Waals surface area contributed by atoms with Gasteiger partial charge in [0.1, 0.15) is 0 Å². The lowest BCUT2D eigenvalue weighted by atomic mass is 10.1. The summed E-state index contributed by atoms with van der Waals surface area (Å²) >= 11 is 0. The van der Waals surface area contributed by atoms with Gasteiger partial charge in [-0.05, 0) is 12.0 Å². The van der Waals surface area contributed by atoms with Crippen molar-refractivity contribution in [2.24, 2.45) is 10.9 Å². The van der Waals surface area contributed by atoms with E-state index in [0.29, 0.717) is 17.0 Å². The Bertz CT molecular complexity index is 385. The summed E-state index contributed by atoms with van der Waals surface area (Å²) in [5.41, 5.74) is 0.966. The van der Waals surface area contributed by atoms with Crippen LogP contribution in [0.25, 0.3) is 0 Å². The van der Waals surface area contributed by atoms with Crippen molar-refractivity contribution in [1.29, 1.82) is 0 Å². The van der Waals surface area contributed by atoms with E-state index in [-0.39, 0.29) is 0 Å². The maximum Gasteiger partial charge on any atom is 0.336 e. The first-order valence-electron chi connectivity index (χ1n) is 5.47. The molecule has 0 spiro atoms. The van der Waals surface area contributed by atoms with Crippen molar-refractivity contribution in [3.63, 3.8) is 0 Å². The van der Waals surface area contributed by atoms with Gasteiger partial charge in [0.05, 0.1) is 5.56 Å². The number of carboxylic acids is 1. The van der Waals surface area contributed by atoms with Crippen molar-refractivity contribution < 1.29 is 9.90 Å². The molecule has 16 heavy (non-hydrogen) atoms. The molecule has 1 aromatic rings. The molecule has 3 nitrogen and oxygen atoms in total. The molecule has 0 aliphatic carbocycles. The van der Waals surface area contributed by atoms with Crippen LogP contribution in [0.1, 0.15) is 36.2 Å². The van der Waals surface area contributed by atoms with E-state index in [0.717, 1.165) is 13.0 Å². The van der Waals surface area contributed by atoms with Gasteiger partial charge in [0, 0.05) is 18.3 Å². The van der Waals surface area contributed by atoms with Crippen molar-refractivity contribution in [2.75, 3.05) is 6.54 Å². The van der Waals surface area contributed by atoms with Gasteiger partial charge in [-0.25, -0.2) is 4.79 Å². The normalized spacial score (nSPS) is 12.9. The summed E-state index contributed by atoms with van der Waals surface area (Å²) in [4.78, 5) is 15.2. The van der Waals surface area contributed by atoms with Crippen molar-refractivity contribution in [1.82, 2.24) is 0 Å². The minimum absolute atomic E-state index is 0.301. The fourth-order valence-electron chi connectivity index (χ4n) is 1.26. The second kappa shape index (κ2) is 6.05. The number of aromatic carboxylic acids is 1. The summed E-state index contributed by atoms with van der Waals surface area (Å²) in [5.74, 6) is -0.376. The topological polar surface area (TPSA) is 49.7 Å². The molecule has 3 heteroatoms. The van der Waals surface area contributed by atoms with Crippen molar-refractivity contribution >= 4 is 12.2 Å². The molecule has 0 bridgehead atoms. The molecule has 1 atom stereocenters. The van der Waals surface area contributed by atoms with E-state index in [1.165, 1.54) is 0 Å². The predicted molar refractivity (Wildman–Crippen MR) is 65.3 cm³/mol. The van der Waals surface area contributed by atoms with Crippen LogP contribution in [-0.4, -0.2) is 23.8 Å². The van der Waals surface area contributed by atoms with Gasteiger partial charge in [-0.2, -0.15) is 0 Å². The van der Waals surface area contributed by atoms with Gasteiger partial charge in [0.2, 0.25) is 0 Å². The monoisotopic (exact) mass is 219 g/mol. The number of carbonyl (C=O) groups is 1. The zero-order chi connectivity index (χ0) is 12.0. The van der Waals surface area contributed by atoms with Crippen LogP contribution in [0.15, 0.2) is 29.3 Å². The highest BCUT2D eigenvalue weighted by Gasteiger charge is 2.06. The van der Waals surface area contributed by atoms with E-state index in [2.05, 4.69) is 18.8 Å². The molecular formula is C13H17NO2. The van der Waals surface area contributed by atoms with Crippen molar-refractivity contribution in [3.8, 4) is 0 Å². The van der Waals surface area contributed by atoms with Crippen LogP contribution >= 0.6 is 0 Å². The molecule has 0 saturated carbocycles. The van der Waals surface area contributed by atoms with Crippen LogP contribution in [-0.2, 0) is 0 Å². The summed E-state index contributed by atoms with van der Waals surface area (Å²) in [6.45, 7) is 4.98. The van der Waals surface area contributed by atoms with Crippen LogP contribution in [0.4, 0.5) is 0 Å². The maximum atomic E-state index is 10.9. The number of carboxylic acid groups (broad SMARTS) is 1. The van der Waals surface area contributed by atoms with Gasteiger partial charge in [0.15, 0.2) is 0 Å². The molecule has 0 aliphatic rings. The Morgan fingerprint density at radius 1 is 1.50 bits per heavy atom. The SMILES string of the molecule is CCC(C)CN=Cc1ccccc1C(=O)O. The lowest BCUT2D eigenvalue weighted by Crippen LogP contribution is -2.02. The van der Waals surface area contributed by atoms with E-state index in [1.54, 1.807) is 24.4 Å². The summed E-state index contributed by atoms with van der Waals surface area (Å²) in [7, 11) is 0. The summed E-state index contributed by atoms with van der Waals surface area (Å²) in [5, 5.41) is 8.96. The molecule has 1 unspecified atom stereocenters. The highest BCUT2D eigenvalue weighted by atomic mass is 16.4. The van der Waals surface area contributed by atoms with Crippen LogP contribution in [0.5, 0.6) is 0 Å². The first-order valence-corrected chi connectivity index (χ1v) is 5.47. The van der Waals surface area contributed by atoms with Crippen LogP contribution < -0.4 is 0 Å². The summed E-state index contributed by atoms with van der Waals surface area (Å²) in [6, 6.07) is 6.89. The van der Waals surface area contributed by atoms with Crippen molar-refractivity contribution in [3.05, 3.63) is 35.4 Å². The fourth-order valence-corrected chi connectivity index (χ4v) is 1.26. The van der Waals surface area contributed by atoms with Gasteiger partial charge in [0.25, 0.3) is 0 Å². The summed E-state index contributed by atoms with van der Waals surface area (Å²) < 4.78 is 0. The van der Waals surface area contributed by atoms with E-state index >= 15 is 0 Å². The van der Waals surface area contributed by atoms with Gasteiger partial charge < -0.3 is 5.11 Å². The fraction of sp³-hybridized carbons (Fsp3) is 0.385. The molecule has 86 valence electrons. The van der Waals surface area contributed by atoms with Gasteiger partial charge in [-0.1, -0.05) is 38.5 Å². The largest absolute Gasteiger partial charge is 0.478 e. The standard InChI is InChI=1S/C13H17NO2/c1-3-10(2)8-14-9-11-6-4-5-7-12(11)13(15)16/h4-7,9-10H,3,8H2,1-2H3,(H,15,16). The Morgan fingerprint density at radius 2 is 2.19 bits per heavy atom. The Hall–Kier alpha value is -1.64. The molecule has 1 rings (SSSR count). The lowest BCUT2D eigenvalue weighted by Gasteiger charge is -2.03. The average Bonchev–Trinajstić information content (AvgIpc) is 2.29. The highest BCUT2D eigenvalue weighted by molar-refractivity contribution is 5.98. The average molecular weight is 219 g/mol. The molecule has 0 saturated heterocycles. The number of rotatable bonds is 5. The minimum atomic E-state index is -0.911. The molecule has 0 aliphatic heterocycles. The predicted octanol–water partition coefficient (Wildman–Crippen LogP) is 2.85. The molecule has 1 aromatic carbocycles. The zero-order valence-corrected chi connectivity index (χ0v) is 9.68. The summed E-state index contributed by atoms with van der Waals surface area (Å²) in [6.07, 6.45) is 2.73. The molecule has 1 N–H and O–H groups in total. The van der Waals surface area contributed by atoms with E-state index < -0.39 is 5.97 Å². The van der Waals surface area contributed by atoms with Crippen LogP contribution in [0.3, 0.4) is 0 Å². The first-order chi connectivity index (χ1) is 7.65. The second-order valence-corrected chi connectivity index (χ2v) is 3.90. The van der Waals surface area contributed by atoms with Gasteiger partial charge in [-0.15, -0.1) is 0 Å². The zero-order valence-electron chi connectivity index (χ0n) is 9.68. The Balaban J connectivity index is 2.76. The molecule has 0 heterocycles.